The standard InChI is InChI=1S/C10H14N2O2/c1-4-5-6-12-9(13)7-8(2)11-10(12)14-3/h4-5,7H,6H2,1-3H3. The Kier molecular flexibility index (Phi) is 3.45. The average molecular weight is 194 g/mol. The Bertz CT molecular complexity index is 394. The van der Waals surface area contributed by atoms with Gasteiger partial charge >= 0.3 is 0 Å². The molecule has 0 aliphatic heterocycles. The van der Waals surface area contributed by atoms with Crippen LogP contribution in [0.5, 0.6) is 6.01 Å². The summed E-state index contributed by atoms with van der Waals surface area (Å²) in [6.07, 6.45) is 3.76. The van der Waals surface area contributed by atoms with E-state index in [1.165, 1.54) is 17.7 Å². The van der Waals surface area contributed by atoms with Gasteiger partial charge in [0.2, 0.25) is 0 Å². The van der Waals surface area contributed by atoms with Gasteiger partial charge < -0.3 is 4.74 Å². The first-order chi connectivity index (χ1) is 6.69. The van der Waals surface area contributed by atoms with Gasteiger partial charge in [-0.3, -0.25) is 9.36 Å². The first-order valence-electron chi connectivity index (χ1n) is 4.42. The third-order valence-corrected chi connectivity index (χ3v) is 1.81. The van der Waals surface area contributed by atoms with E-state index in [-0.39, 0.29) is 5.56 Å². The summed E-state index contributed by atoms with van der Waals surface area (Å²) < 4.78 is 6.50. The van der Waals surface area contributed by atoms with Gasteiger partial charge in [-0.05, 0) is 13.8 Å². The van der Waals surface area contributed by atoms with Gasteiger partial charge in [0.15, 0.2) is 0 Å². The van der Waals surface area contributed by atoms with E-state index in [1.807, 2.05) is 19.1 Å². The molecule has 14 heavy (non-hydrogen) atoms. The van der Waals surface area contributed by atoms with E-state index in [0.717, 1.165) is 0 Å². The topological polar surface area (TPSA) is 44.1 Å². The summed E-state index contributed by atoms with van der Waals surface area (Å²) in [6, 6.07) is 1.85. The molecule has 0 aromatic carbocycles. The van der Waals surface area contributed by atoms with Gasteiger partial charge in [-0.1, -0.05) is 12.2 Å². The number of aromatic nitrogens is 2. The maximum atomic E-state index is 11.5. The van der Waals surface area contributed by atoms with Crippen molar-refractivity contribution in [1.82, 2.24) is 9.55 Å². The minimum Gasteiger partial charge on any atom is -0.468 e. The zero-order valence-corrected chi connectivity index (χ0v) is 8.65. The molecule has 0 aliphatic rings. The molecule has 1 rings (SSSR count). The molecule has 4 heteroatoms. The van der Waals surface area contributed by atoms with E-state index >= 15 is 0 Å². The van der Waals surface area contributed by atoms with Crippen LogP contribution in [0.15, 0.2) is 23.0 Å². The van der Waals surface area contributed by atoms with Gasteiger partial charge in [0, 0.05) is 18.3 Å². The third-order valence-electron chi connectivity index (χ3n) is 1.81. The molecule has 0 aliphatic carbocycles. The molecule has 0 radical (unpaired) electrons. The third kappa shape index (κ3) is 2.22. The molecular weight excluding hydrogens is 180 g/mol. The quantitative estimate of drug-likeness (QED) is 0.678. The number of allylic oxidation sites excluding steroid dienone is 2. The number of hydrogen-bond donors (Lipinski definition) is 0. The normalized spacial score (nSPS) is 10.8. The maximum absolute atomic E-state index is 11.5. The van der Waals surface area contributed by atoms with Crippen LogP contribution in [0.1, 0.15) is 12.6 Å². The Balaban J connectivity index is 3.18. The lowest BCUT2D eigenvalue weighted by molar-refractivity contribution is 0.350. The molecule has 0 saturated heterocycles. The van der Waals surface area contributed by atoms with Crippen molar-refractivity contribution >= 4 is 0 Å². The Morgan fingerprint density at radius 3 is 2.93 bits per heavy atom. The maximum Gasteiger partial charge on any atom is 0.299 e. The fourth-order valence-electron chi connectivity index (χ4n) is 1.13. The van der Waals surface area contributed by atoms with E-state index in [9.17, 15) is 4.79 Å². The molecule has 4 nitrogen and oxygen atoms in total. The first-order valence-corrected chi connectivity index (χ1v) is 4.42. The Morgan fingerprint density at radius 2 is 2.36 bits per heavy atom. The molecule has 0 spiro atoms. The van der Waals surface area contributed by atoms with Crippen LogP contribution in [0.2, 0.25) is 0 Å². The minimum absolute atomic E-state index is 0.0903. The van der Waals surface area contributed by atoms with Crippen molar-refractivity contribution in [3.63, 3.8) is 0 Å². The summed E-state index contributed by atoms with van der Waals surface area (Å²) in [5.41, 5.74) is 0.580. The van der Waals surface area contributed by atoms with Crippen molar-refractivity contribution < 1.29 is 4.74 Å². The summed E-state index contributed by atoms with van der Waals surface area (Å²) in [7, 11) is 1.51. The Hall–Kier alpha value is -1.58. The molecule has 1 aromatic heterocycles. The highest BCUT2D eigenvalue weighted by atomic mass is 16.5. The average Bonchev–Trinajstić information content (AvgIpc) is 2.15. The zero-order chi connectivity index (χ0) is 10.6. The molecule has 1 aromatic rings. The van der Waals surface area contributed by atoms with Crippen molar-refractivity contribution in [2.24, 2.45) is 0 Å². The van der Waals surface area contributed by atoms with Crippen LogP contribution in [-0.2, 0) is 6.54 Å². The minimum atomic E-state index is -0.0903. The lowest BCUT2D eigenvalue weighted by Crippen LogP contribution is -2.22. The molecule has 0 fully saturated rings. The van der Waals surface area contributed by atoms with E-state index < -0.39 is 0 Å². The van der Waals surface area contributed by atoms with Crippen molar-refractivity contribution in [3.8, 4) is 6.01 Å². The second-order valence-electron chi connectivity index (χ2n) is 2.90. The van der Waals surface area contributed by atoms with E-state index in [4.69, 9.17) is 4.74 Å². The van der Waals surface area contributed by atoms with Crippen LogP contribution in [0.3, 0.4) is 0 Å². The summed E-state index contributed by atoms with van der Waals surface area (Å²) in [5.74, 6) is 0. The summed E-state index contributed by atoms with van der Waals surface area (Å²) in [6.45, 7) is 4.16. The molecule has 0 amide bonds. The van der Waals surface area contributed by atoms with Gasteiger partial charge in [0.1, 0.15) is 0 Å². The predicted octanol–water partition coefficient (Wildman–Crippen LogP) is 1.14. The Labute approximate surface area is 82.9 Å². The van der Waals surface area contributed by atoms with Crippen LogP contribution in [-0.4, -0.2) is 16.7 Å². The predicted molar refractivity (Wildman–Crippen MR) is 54.6 cm³/mol. The smallest absolute Gasteiger partial charge is 0.299 e. The second-order valence-corrected chi connectivity index (χ2v) is 2.90. The Morgan fingerprint density at radius 1 is 1.64 bits per heavy atom. The molecule has 1 heterocycles. The van der Waals surface area contributed by atoms with Gasteiger partial charge in [0.25, 0.3) is 11.6 Å². The van der Waals surface area contributed by atoms with Crippen molar-refractivity contribution in [2.75, 3.05) is 7.11 Å². The molecule has 0 unspecified atom stereocenters. The largest absolute Gasteiger partial charge is 0.468 e. The van der Waals surface area contributed by atoms with Gasteiger partial charge in [-0.25, -0.2) is 4.98 Å². The van der Waals surface area contributed by atoms with Crippen molar-refractivity contribution in [3.05, 3.63) is 34.3 Å². The fraction of sp³-hybridized carbons (Fsp3) is 0.400. The van der Waals surface area contributed by atoms with E-state index in [0.29, 0.717) is 18.2 Å². The number of methoxy groups -OCH3 is 1. The van der Waals surface area contributed by atoms with Crippen molar-refractivity contribution in [2.45, 2.75) is 20.4 Å². The SMILES string of the molecule is CC=CCn1c(OC)nc(C)cc1=O. The molecular formula is C10H14N2O2. The van der Waals surface area contributed by atoms with E-state index in [1.54, 1.807) is 6.92 Å². The van der Waals surface area contributed by atoms with Crippen LogP contribution in [0.4, 0.5) is 0 Å². The summed E-state index contributed by atoms with van der Waals surface area (Å²) >= 11 is 0. The number of ether oxygens (including phenoxy) is 1. The monoisotopic (exact) mass is 194 g/mol. The summed E-state index contributed by atoms with van der Waals surface area (Å²) in [4.78, 5) is 15.6. The number of rotatable bonds is 3. The number of nitrogens with zero attached hydrogens (tertiary/aromatic N) is 2. The molecule has 0 N–H and O–H groups in total. The zero-order valence-electron chi connectivity index (χ0n) is 8.65. The van der Waals surface area contributed by atoms with E-state index in [2.05, 4.69) is 4.98 Å². The highest BCUT2D eigenvalue weighted by Gasteiger charge is 2.04. The van der Waals surface area contributed by atoms with Crippen molar-refractivity contribution in [1.29, 1.82) is 0 Å². The lowest BCUT2D eigenvalue weighted by atomic mass is 10.4. The van der Waals surface area contributed by atoms with Gasteiger partial charge in [-0.15, -0.1) is 0 Å². The van der Waals surface area contributed by atoms with Crippen LogP contribution < -0.4 is 10.3 Å². The second kappa shape index (κ2) is 4.60. The fourth-order valence-corrected chi connectivity index (χ4v) is 1.13. The molecule has 0 bridgehead atoms. The molecule has 0 saturated carbocycles. The van der Waals surface area contributed by atoms with Gasteiger partial charge in [-0.2, -0.15) is 0 Å². The highest BCUT2D eigenvalue weighted by Crippen LogP contribution is 2.03. The highest BCUT2D eigenvalue weighted by molar-refractivity contribution is 5.07. The van der Waals surface area contributed by atoms with Gasteiger partial charge in [0.05, 0.1) is 7.11 Å². The lowest BCUT2D eigenvalue weighted by Gasteiger charge is -2.08. The van der Waals surface area contributed by atoms with Crippen LogP contribution in [0.25, 0.3) is 0 Å². The van der Waals surface area contributed by atoms with Crippen LogP contribution in [0, 0.1) is 6.92 Å². The number of hydrogen-bond acceptors (Lipinski definition) is 3. The van der Waals surface area contributed by atoms with Crippen LogP contribution >= 0.6 is 0 Å². The molecule has 76 valence electrons. The first kappa shape index (κ1) is 10.5. The molecule has 0 atom stereocenters. The summed E-state index contributed by atoms with van der Waals surface area (Å²) in [5, 5.41) is 0. The number of aryl methyl sites for hydroxylation is 1.